The molecule has 2 N–H and O–H groups in total. The van der Waals surface area contributed by atoms with E-state index in [0.29, 0.717) is 22.6 Å². The van der Waals surface area contributed by atoms with E-state index >= 15 is 0 Å². The standard InChI is InChI=1S/C40H38N2O10/c1-24(42(36(43)21-29(38(46)47)22-37(44)45)23-25-15-16-26-9-4-5-10-27(26)19-25)30(11-8-14-35-41-33-12-6-7-13-34(33)52-35)28-17-18-31(39(48)50-2)32(20-28)40(49)51-3/h4-10,12-20,24,29-30H,11,21-23H2,1-3H3,(H,44,45)(H,46,47)/b14-8+/t24-,29-,30+/m1/s1. The van der Waals surface area contributed by atoms with Crippen molar-refractivity contribution in [1.82, 2.24) is 9.88 Å². The number of carboxylic acid groups (broad SMARTS) is 2. The van der Waals surface area contributed by atoms with Crippen molar-refractivity contribution in [3.63, 3.8) is 0 Å². The van der Waals surface area contributed by atoms with E-state index in [2.05, 4.69) is 4.98 Å². The highest BCUT2D eigenvalue weighted by Gasteiger charge is 2.33. The second-order valence-electron chi connectivity index (χ2n) is 12.3. The van der Waals surface area contributed by atoms with Crippen molar-refractivity contribution >= 4 is 57.7 Å². The highest BCUT2D eigenvalue weighted by molar-refractivity contribution is 6.03. The Morgan fingerprint density at radius 2 is 1.52 bits per heavy atom. The van der Waals surface area contributed by atoms with Gasteiger partial charge in [0.1, 0.15) is 5.52 Å². The second kappa shape index (κ2) is 16.6. The first-order valence-electron chi connectivity index (χ1n) is 16.5. The monoisotopic (exact) mass is 706 g/mol. The zero-order chi connectivity index (χ0) is 37.4. The molecular weight excluding hydrogens is 668 g/mol. The minimum Gasteiger partial charge on any atom is -0.481 e. The summed E-state index contributed by atoms with van der Waals surface area (Å²) in [5.41, 5.74) is 2.57. The van der Waals surface area contributed by atoms with E-state index in [1.165, 1.54) is 31.3 Å². The van der Waals surface area contributed by atoms with E-state index in [1.807, 2.05) is 66.7 Å². The number of methoxy groups -OCH3 is 2. The molecule has 3 atom stereocenters. The molecule has 0 spiro atoms. The molecule has 1 amide bonds. The number of allylic oxidation sites excluding steroid dienone is 1. The molecular formula is C40H38N2O10. The molecule has 0 saturated carbocycles. The Balaban J connectivity index is 1.59. The van der Waals surface area contributed by atoms with Gasteiger partial charge in [0.2, 0.25) is 11.8 Å². The van der Waals surface area contributed by atoms with E-state index in [0.717, 1.165) is 16.3 Å². The van der Waals surface area contributed by atoms with Gasteiger partial charge in [-0.05, 0) is 71.7 Å². The van der Waals surface area contributed by atoms with Gasteiger partial charge in [-0.3, -0.25) is 14.4 Å². The lowest BCUT2D eigenvalue weighted by molar-refractivity contribution is -0.151. The summed E-state index contributed by atoms with van der Waals surface area (Å²) in [5.74, 6) is -6.46. The number of nitrogens with zero attached hydrogens (tertiary/aromatic N) is 2. The molecule has 5 aromatic rings. The topological polar surface area (TPSA) is 174 Å². The molecule has 4 aromatic carbocycles. The lowest BCUT2D eigenvalue weighted by Crippen LogP contribution is -2.43. The normalized spacial score (nSPS) is 13.1. The van der Waals surface area contributed by atoms with Gasteiger partial charge in [0.25, 0.3) is 0 Å². The van der Waals surface area contributed by atoms with Crippen LogP contribution in [0, 0.1) is 5.92 Å². The van der Waals surface area contributed by atoms with Crippen molar-refractivity contribution < 1.29 is 48.1 Å². The summed E-state index contributed by atoms with van der Waals surface area (Å²) in [7, 11) is 2.39. The molecule has 0 fully saturated rings. The van der Waals surface area contributed by atoms with E-state index < -0.39 is 60.5 Å². The summed E-state index contributed by atoms with van der Waals surface area (Å²) in [6.45, 7) is 1.87. The van der Waals surface area contributed by atoms with Crippen LogP contribution in [0.25, 0.3) is 27.9 Å². The molecule has 1 aromatic heterocycles. The molecule has 0 radical (unpaired) electrons. The molecule has 52 heavy (non-hydrogen) atoms. The number of amides is 1. The number of para-hydroxylation sites is 2. The number of aromatic nitrogens is 1. The number of esters is 2. The molecule has 0 aliphatic carbocycles. The molecule has 0 bridgehead atoms. The van der Waals surface area contributed by atoms with Crippen LogP contribution >= 0.6 is 0 Å². The van der Waals surface area contributed by atoms with Crippen molar-refractivity contribution in [2.24, 2.45) is 5.92 Å². The van der Waals surface area contributed by atoms with E-state index in [4.69, 9.17) is 13.9 Å². The number of benzene rings is 4. The molecule has 0 aliphatic rings. The van der Waals surface area contributed by atoms with Crippen molar-refractivity contribution in [1.29, 1.82) is 0 Å². The number of rotatable bonds is 15. The highest BCUT2D eigenvalue weighted by Crippen LogP contribution is 2.33. The molecule has 1 heterocycles. The van der Waals surface area contributed by atoms with Gasteiger partial charge in [0.15, 0.2) is 5.58 Å². The molecule has 12 heteroatoms. The fourth-order valence-corrected chi connectivity index (χ4v) is 6.24. The van der Waals surface area contributed by atoms with Crippen molar-refractivity contribution in [2.75, 3.05) is 14.2 Å². The van der Waals surface area contributed by atoms with Gasteiger partial charge in [-0.2, -0.15) is 0 Å². The van der Waals surface area contributed by atoms with Gasteiger partial charge in [-0.15, -0.1) is 0 Å². The molecule has 0 aliphatic heterocycles. The van der Waals surface area contributed by atoms with E-state index in [9.17, 15) is 34.2 Å². The van der Waals surface area contributed by atoms with Crippen LogP contribution in [-0.4, -0.2) is 70.1 Å². The molecule has 5 rings (SSSR count). The molecule has 268 valence electrons. The lowest BCUT2D eigenvalue weighted by atomic mass is 9.85. The van der Waals surface area contributed by atoms with Crippen LogP contribution in [0.5, 0.6) is 0 Å². The maximum atomic E-state index is 14.2. The maximum Gasteiger partial charge on any atom is 0.338 e. The van der Waals surface area contributed by atoms with Crippen LogP contribution < -0.4 is 0 Å². The Hall–Kier alpha value is -6.30. The minimum atomic E-state index is -1.46. The van der Waals surface area contributed by atoms with E-state index in [-0.39, 0.29) is 24.1 Å². The first kappa shape index (κ1) is 37.0. The second-order valence-corrected chi connectivity index (χ2v) is 12.3. The average Bonchev–Trinajstić information content (AvgIpc) is 3.56. The summed E-state index contributed by atoms with van der Waals surface area (Å²) in [6, 6.07) is 24.8. The number of hydrogen-bond acceptors (Lipinski definition) is 9. The van der Waals surface area contributed by atoms with Gasteiger partial charge in [0.05, 0.1) is 37.7 Å². The Morgan fingerprint density at radius 3 is 2.21 bits per heavy atom. The summed E-state index contributed by atoms with van der Waals surface area (Å²) < 4.78 is 15.7. The van der Waals surface area contributed by atoms with Crippen LogP contribution in [0.15, 0.2) is 95.4 Å². The fourth-order valence-electron chi connectivity index (χ4n) is 6.24. The number of aliphatic carboxylic acids is 2. The van der Waals surface area contributed by atoms with Gasteiger partial charge in [0, 0.05) is 24.9 Å². The van der Waals surface area contributed by atoms with Gasteiger partial charge in [-0.1, -0.05) is 60.7 Å². The fraction of sp³-hybridized carbons (Fsp3) is 0.250. The number of oxazole rings is 1. The third kappa shape index (κ3) is 8.70. The van der Waals surface area contributed by atoms with E-state index in [1.54, 1.807) is 25.1 Å². The third-order valence-electron chi connectivity index (χ3n) is 9.00. The van der Waals surface area contributed by atoms with Crippen LogP contribution in [0.4, 0.5) is 0 Å². The zero-order valence-electron chi connectivity index (χ0n) is 28.9. The number of ether oxygens (including phenoxy) is 2. The summed E-state index contributed by atoms with van der Waals surface area (Å²) in [5, 5.41) is 21.1. The predicted octanol–water partition coefficient (Wildman–Crippen LogP) is 6.72. The Kier molecular flexibility index (Phi) is 11.8. The predicted molar refractivity (Wildman–Crippen MR) is 191 cm³/mol. The largest absolute Gasteiger partial charge is 0.481 e. The average molecular weight is 707 g/mol. The molecule has 0 unspecified atom stereocenters. The van der Waals surface area contributed by atoms with Crippen LogP contribution in [0.2, 0.25) is 0 Å². The summed E-state index contributed by atoms with van der Waals surface area (Å²) in [4.78, 5) is 69.3. The Morgan fingerprint density at radius 1 is 0.827 bits per heavy atom. The smallest absolute Gasteiger partial charge is 0.338 e. The number of hydrogen-bond donors (Lipinski definition) is 2. The van der Waals surface area contributed by atoms with Crippen molar-refractivity contribution in [3.05, 3.63) is 119 Å². The van der Waals surface area contributed by atoms with Crippen LogP contribution in [0.1, 0.15) is 69.8 Å². The number of carboxylic acids is 2. The van der Waals surface area contributed by atoms with Crippen molar-refractivity contribution in [2.45, 2.75) is 44.7 Å². The summed E-state index contributed by atoms with van der Waals surface area (Å²) in [6.07, 6.45) is 2.51. The molecule has 12 nitrogen and oxygen atoms in total. The Labute approximate surface area is 299 Å². The van der Waals surface area contributed by atoms with Gasteiger partial charge < -0.3 is 29.0 Å². The third-order valence-corrected chi connectivity index (χ3v) is 9.00. The number of carbonyl (C=O) groups excluding carboxylic acids is 3. The quantitative estimate of drug-likeness (QED) is 0.111. The summed E-state index contributed by atoms with van der Waals surface area (Å²) >= 11 is 0. The SMILES string of the molecule is COC(=O)c1ccc([C@@H](C/C=C/c2nc3ccccc3o2)[C@@H](C)N(Cc2ccc3ccccc3c2)C(=O)C[C@H](CC(=O)O)C(=O)O)cc1C(=O)OC. The zero-order valence-corrected chi connectivity index (χ0v) is 28.9. The van der Waals surface area contributed by atoms with Gasteiger partial charge >= 0.3 is 23.9 Å². The number of fused-ring (bicyclic) bond motifs is 2. The Bertz CT molecular complexity index is 2120. The number of carbonyl (C=O) groups is 5. The van der Waals surface area contributed by atoms with Crippen LogP contribution in [-0.2, 0) is 30.4 Å². The minimum absolute atomic E-state index is 0.00594. The lowest BCUT2D eigenvalue weighted by Gasteiger charge is -2.36. The van der Waals surface area contributed by atoms with Gasteiger partial charge in [-0.25, -0.2) is 14.6 Å². The van der Waals surface area contributed by atoms with Crippen LogP contribution in [0.3, 0.4) is 0 Å². The highest BCUT2D eigenvalue weighted by atomic mass is 16.5. The molecule has 0 saturated heterocycles. The first-order valence-corrected chi connectivity index (χ1v) is 16.5. The van der Waals surface area contributed by atoms with Crippen molar-refractivity contribution in [3.8, 4) is 0 Å². The maximum absolute atomic E-state index is 14.2. The first-order chi connectivity index (χ1) is 25.0.